The monoisotopic (exact) mass is 241 g/mol. The molecular weight excluding hydrogens is 216 g/mol. The van der Waals surface area contributed by atoms with Crippen LogP contribution in [0.3, 0.4) is 0 Å². The summed E-state index contributed by atoms with van der Waals surface area (Å²) < 4.78 is 2.29. The van der Waals surface area contributed by atoms with E-state index >= 15 is 0 Å². The van der Waals surface area contributed by atoms with Gasteiger partial charge in [0, 0.05) is 33.5 Å². The predicted octanol–water partition coefficient (Wildman–Crippen LogP) is -0.569. The highest BCUT2D eigenvalue weighted by atomic mass is 16.1. The van der Waals surface area contributed by atoms with Crippen LogP contribution in [-0.2, 0) is 4.79 Å². The van der Waals surface area contributed by atoms with Crippen molar-refractivity contribution in [2.75, 3.05) is 53.4 Å². The third kappa shape index (κ3) is 4.73. The first-order valence-corrected chi connectivity index (χ1v) is 6.23. The van der Waals surface area contributed by atoms with Crippen LogP contribution in [0, 0.1) is 0 Å². The Morgan fingerprint density at radius 3 is 2.76 bits per heavy atom. The lowest BCUT2D eigenvalue weighted by Crippen LogP contribution is -2.38. The number of carbonyl (C=O) groups is 1. The Balaban J connectivity index is 2.16. The number of carbonyl (C=O) groups excluding carboxylic acids is 1. The molecule has 0 aromatic carbocycles. The van der Waals surface area contributed by atoms with E-state index in [-0.39, 0.29) is 5.91 Å². The maximum Gasteiger partial charge on any atom is 0.243 e. The zero-order valence-corrected chi connectivity index (χ0v) is 11.5. The van der Waals surface area contributed by atoms with Crippen LogP contribution in [0.1, 0.15) is 13.8 Å². The molecule has 1 N–H and O–H groups in total. The molecule has 1 heterocycles. The fraction of sp³-hybridized carbons (Fsp3) is 0.833. The Bertz CT molecular complexity index is 301. The number of hydrogen-bond donors (Lipinski definition) is 1. The van der Waals surface area contributed by atoms with E-state index in [2.05, 4.69) is 40.7 Å². The Morgan fingerprint density at radius 2 is 2.24 bits per heavy atom. The summed E-state index contributed by atoms with van der Waals surface area (Å²) in [6.45, 7) is 9.71. The summed E-state index contributed by atoms with van der Waals surface area (Å²) in [6.07, 6.45) is 0. The Kier molecular flexibility index (Phi) is 5.41. The Morgan fingerprint density at radius 1 is 1.53 bits per heavy atom. The molecule has 98 valence electrons. The van der Waals surface area contributed by atoms with Crippen molar-refractivity contribution in [2.45, 2.75) is 13.8 Å². The van der Waals surface area contributed by atoms with Gasteiger partial charge in [-0.3, -0.25) is 14.3 Å². The third-order valence-electron chi connectivity index (χ3n) is 3.33. The summed E-state index contributed by atoms with van der Waals surface area (Å²) in [5.41, 5.74) is 0. The fourth-order valence-electron chi connectivity index (χ4n) is 1.94. The van der Waals surface area contributed by atoms with Crippen LogP contribution in [0.25, 0.3) is 0 Å². The highest BCUT2D eigenvalue weighted by Crippen LogP contribution is 1.99. The second-order valence-electron chi connectivity index (χ2n) is 4.74. The fourth-order valence-corrected chi connectivity index (χ4v) is 1.94. The zero-order valence-electron chi connectivity index (χ0n) is 11.5. The van der Waals surface area contributed by atoms with Crippen LogP contribution in [0.5, 0.6) is 0 Å². The minimum atomic E-state index is 0.0451. The van der Waals surface area contributed by atoms with Crippen LogP contribution in [0.4, 0.5) is 0 Å². The van der Waals surface area contributed by atoms with E-state index in [0.717, 1.165) is 39.3 Å². The van der Waals surface area contributed by atoms with Gasteiger partial charge in [0.2, 0.25) is 11.7 Å². The summed E-state index contributed by atoms with van der Waals surface area (Å²) in [6, 6.07) is 0. The zero-order chi connectivity index (χ0) is 12.8. The van der Waals surface area contributed by atoms with Crippen LogP contribution in [0.2, 0.25) is 0 Å². The lowest BCUT2D eigenvalue weighted by molar-refractivity contribution is -0.487. The minimum Gasteiger partial charge on any atom is -0.355 e. The Hall–Kier alpha value is -1.10. The molecule has 1 aliphatic heterocycles. The van der Waals surface area contributed by atoms with Gasteiger partial charge < -0.3 is 10.2 Å². The number of amides is 1. The maximum atomic E-state index is 10.7. The third-order valence-corrected chi connectivity index (χ3v) is 3.33. The second-order valence-corrected chi connectivity index (χ2v) is 4.74. The van der Waals surface area contributed by atoms with E-state index in [9.17, 15) is 4.79 Å². The van der Waals surface area contributed by atoms with Crippen molar-refractivity contribution >= 4 is 11.7 Å². The lowest BCUT2D eigenvalue weighted by atomic mass is 10.4. The van der Waals surface area contributed by atoms with Gasteiger partial charge in [-0.1, -0.05) is 0 Å². The van der Waals surface area contributed by atoms with Crippen molar-refractivity contribution in [2.24, 2.45) is 0 Å². The molecule has 5 nitrogen and oxygen atoms in total. The SMILES string of the molecule is CC(=O)NCCN(C)CCN1CC[N+](C)=C1C. The molecule has 0 radical (unpaired) electrons. The molecule has 0 aromatic heterocycles. The summed E-state index contributed by atoms with van der Waals surface area (Å²) >= 11 is 0. The number of likely N-dealkylation sites (N-methyl/N-ethyl adjacent to an activating group) is 2. The van der Waals surface area contributed by atoms with E-state index in [0.29, 0.717) is 0 Å². The summed E-state index contributed by atoms with van der Waals surface area (Å²) in [5, 5.41) is 2.81. The molecule has 0 spiro atoms. The smallest absolute Gasteiger partial charge is 0.243 e. The molecule has 0 unspecified atom stereocenters. The van der Waals surface area contributed by atoms with Gasteiger partial charge in [-0.05, 0) is 7.05 Å². The van der Waals surface area contributed by atoms with Crippen molar-refractivity contribution < 1.29 is 9.37 Å². The minimum absolute atomic E-state index is 0.0451. The first-order valence-electron chi connectivity index (χ1n) is 6.23. The molecule has 0 saturated heterocycles. The van der Waals surface area contributed by atoms with Crippen LogP contribution >= 0.6 is 0 Å². The highest BCUT2D eigenvalue weighted by molar-refractivity contribution is 5.75. The summed E-state index contributed by atoms with van der Waals surface area (Å²) in [7, 11) is 4.23. The molecule has 0 saturated carbocycles. The molecule has 0 atom stereocenters. The van der Waals surface area contributed by atoms with Gasteiger partial charge in [-0.2, -0.15) is 0 Å². The number of rotatable bonds is 6. The highest BCUT2D eigenvalue weighted by Gasteiger charge is 2.23. The van der Waals surface area contributed by atoms with Gasteiger partial charge in [0.05, 0.1) is 13.6 Å². The van der Waals surface area contributed by atoms with Gasteiger partial charge in [0.15, 0.2) is 0 Å². The molecule has 0 aromatic rings. The number of nitrogens with one attached hydrogen (secondary N) is 1. The van der Waals surface area contributed by atoms with Crippen molar-refractivity contribution in [1.82, 2.24) is 15.1 Å². The molecule has 1 rings (SSSR count). The van der Waals surface area contributed by atoms with Crippen molar-refractivity contribution in [3.8, 4) is 0 Å². The molecule has 1 aliphatic rings. The van der Waals surface area contributed by atoms with Crippen LogP contribution in [0.15, 0.2) is 0 Å². The van der Waals surface area contributed by atoms with Gasteiger partial charge in [0.1, 0.15) is 13.1 Å². The molecule has 5 heteroatoms. The molecule has 0 aliphatic carbocycles. The van der Waals surface area contributed by atoms with Gasteiger partial charge in [0.25, 0.3) is 0 Å². The molecule has 0 bridgehead atoms. The average molecular weight is 241 g/mol. The van der Waals surface area contributed by atoms with Crippen molar-refractivity contribution in [3.05, 3.63) is 0 Å². The van der Waals surface area contributed by atoms with E-state index in [1.165, 1.54) is 5.84 Å². The number of nitrogens with zero attached hydrogens (tertiary/aromatic N) is 3. The van der Waals surface area contributed by atoms with Gasteiger partial charge in [-0.25, -0.2) is 0 Å². The molecular formula is C12H25N4O+. The molecule has 0 fully saturated rings. The summed E-state index contributed by atoms with van der Waals surface area (Å²) in [5.74, 6) is 1.41. The van der Waals surface area contributed by atoms with Gasteiger partial charge >= 0.3 is 0 Å². The first kappa shape index (κ1) is 14.0. The first-order chi connectivity index (χ1) is 8.00. The van der Waals surface area contributed by atoms with E-state index in [1.807, 2.05) is 0 Å². The average Bonchev–Trinajstić information content (AvgIpc) is 2.57. The number of hydrogen-bond acceptors (Lipinski definition) is 3. The van der Waals surface area contributed by atoms with Gasteiger partial charge in [-0.15, -0.1) is 0 Å². The largest absolute Gasteiger partial charge is 0.355 e. The Labute approximate surface area is 104 Å². The lowest BCUT2D eigenvalue weighted by Gasteiger charge is -2.18. The normalized spacial score (nSPS) is 15.9. The maximum absolute atomic E-state index is 10.7. The predicted molar refractivity (Wildman–Crippen MR) is 69.5 cm³/mol. The van der Waals surface area contributed by atoms with E-state index in [1.54, 1.807) is 6.92 Å². The second kappa shape index (κ2) is 6.59. The number of amidine groups is 1. The van der Waals surface area contributed by atoms with E-state index < -0.39 is 0 Å². The van der Waals surface area contributed by atoms with Crippen LogP contribution in [-0.4, -0.2) is 79.5 Å². The molecule has 17 heavy (non-hydrogen) atoms. The summed E-state index contributed by atoms with van der Waals surface area (Å²) in [4.78, 5) is 15.4. The standard InChI is InChI=1S/C12H24N4O/c1-11(17)13-5-6-14(3)7-9-16-10-8-15(4)12(16)2/h5-10H2,1-4H3/p+1. The molecule has 1 amide bonds. The van der Waals surface area contributed by atoms with Crippen molar-refractivity contribution in [1.29, 1.82) is 0 Å². The quantitative estimate of drug-likeness (QED) is 0.633. The topological polar surface area (TPSA) is 38.6 Å². The van der Waals surface area contributed by atoms with Crippen LogP contribution < -0.4 is 5.32 Å². The van der Waals surface area contributed by atoms with Crippen molar-refractivity contribution in [3.63, 3.8) is 0 Å². The van der Waals surface area contributed by atoms with E-state index in [4.69, 9.17) is 0 Å².